The molecule has 0 saturated carbocycles. The van der Waals surface area contributed by atoms with Gasteiger partial charge in [0, 0.05) is 35.4 Å². The van der Waals surface area contributed by atoms with Crippen LogP contribution in [0, 0.1) is 0 Å². The molecule has 19 heavy (non-hydrogen) atoms. The maximum atomic E-state index is 11.0. The summed E-state index contributed by atoms with van der Waals surface area (Å²) in [5, 5.41) is 3.62. The average molecular weight is 279 g/mol. The molecular formula is C14H21N3OS. The average Bonchev–Trinajstić information content (AvgIpc) is 2.97. The lowest BCUT2D eigenvalue weighted by atomic mass is 10.1. The number of carbonyl (C=O) groups excluding carboxylic acids is 1. The highest BCUT2D eigenvalue weighted by molar-refractivity contribution is 7.12. The Hall–Kier alpha value is -1.07. The van der Waals surface area contributed by atoms with E-state index in [1.54, 1.807) is 15.3 Å². The molecule has 1 aliphatic heterocycles. The third-order valence-electron chi connectivity index (χ3n) is 4.17. The Kier molecular flexibility index (Phi) is 3.75. The van der Waals surface area contributed by atoms with Crippen LogP contribution in [0.4, 0.5) is 4.79 Å². The monoisotopic (exact) mass is 279 g/mol. The molecule has 1 aromatic heterocycles. The highest BCUT2D eigenvalue weighted by Crippen LogP contribution is 2.30. The van der Waals surface area contributed by atoms with Gasteiger partial charge >= 0.3 is 6.03 Å². The molecule has 0 aromatic carbocycles. The fourth-order valence-corrected chi connectivity index (χ4v) is 4.24. The fourth-order valence-electron chi connectivity index (χ4n) is 3.03. The van der Waals surface area contributed by atoms with Crippen molar-refractivity contribution < 1.29 is 4.79 Å². The van der Waals surface area contributed by atoms with Crippen molar-refractivity contribution >= 4 is 17.4 Å². The highest BCUT2D eigenvalue weighted by atomic mass is 32.1. The van der Waals surface area contributed by atoms with Crippen LogP contribution in [0.3, 0.4) is 0 Å². The Morgan fingerprint density at radius 2 is 2.21 bits per heavy atom. The van der Waals surface area contributed by atoms with E-state index < -0.39 is 0 Å². The standard InChI is InChI=1S/C14H21N3OS/c15-14(18)17-6-4-11(5-7-17)16-9-12-8-10-2-1-3-13(10)19-12/h8,11,16H,1-7,9H2,(H2,15,18). The van der Waals surface area contributed by atoms with E-state index in [0.717, 1.165) is 32.5 Å². The lowest BCUT2D eigenvalue weighted by Gasteiger charge is -2.31. The smallest absolute Gasteiger partial charge is 0.314 e. The third-order valence-corrected chi connectivity index (χ3v) is 5.41. The van der Waals surface area contributed by atoms with Crippen LogP contribution in [-0.4, -0.2) is 30.1 Å². The van der Waals surface area contributed by atoms with E-state index in [2.05, 4.69) is 11.4 Å². The lowest BCUT2D eigenvalue weighted by Crippen LogP contribution is -2.46. The van der Waals surface area contributed by atoms with E-state index in [9.17, 15) is 4.79 Å². The molecule has 0 unspecified atom stereocenters. The molecule has 2 aliphatic rings. The van der Waals surface area contributed by atoms with Crippen molar-refractivity contribution in [1.82, 2.24) is 10.2 Å². The highest BCUT2D eigenvalue weighted by Gasteiger charge is 2.21. The summed E-state index contributed by atoms with van der Waals surface area (Å²) in [4.78, 5) is 15.8. The predicted octanol–water partition coefficient (Wildman–Crippen LogP) is 1.87. The number of fused-ring (bicyclic) bond motifs is 1. The molecule has 1 aromatic rings. The molecule has 0 bridgehead atoms. The van der Waals surface area contributed by atoms with Gasteiger partial charge in [-0.25, -0.2) is 4.79 Å². The number of primary amides is 1. The first-order valence-electron chi connectivity index (χ1n) is 7.10. The lowest BCUT2D eigenvalue weighted by molar-refractivity contribution is 0.185. The van der Waals surface area contributed by atoms with Gasteiger partial charge in [0.2, 0.25) is 0 Å². The van der Waals surface area contributed by atoms with Crippen molar-refractivity contribution in [1.29, 1.82) is 0 Å². The summed E-state index contributed by atoms with van der Waals surface area (Å²) in [6.45, 7) is 2.54. The topological polar surface area (TPSA) is 58.4 Å². The van der Waals surface area contributed by atoms with Gasteiger partial charge in [-0.15, -0.1) is 11.3 Å². The number of hydrogen-bond donors (Lipinski definition) is 2. The van der Waals surface area contributed by atoms with Gasteiger partial charge in [-0.1, -0.05) is 0 Å². The van der Waals surface area contributed by atoms with Crippen LogP contribution in [-0.2, 0) is 19.4 Å². The summed E-state index contributed by atoms with van der Waals surface area (Å²) in [6, 6.07) is 2.61. The van der Waals surface area contributed by atoms with Gasteiger partial charge in [-0.2, -0.15) is 0 Å². The molecular weight excluding hydrogens is 258 g/mol. The van der Waals surface area contributed by atoms with Crippen molar-refractivity contribution in [3.8, 4) is 0 Å². The zero-order chi connectivity index (χ0) is 13.2. The Morgan fingerprint density at radius 3 is 2.89 bits per heavy atom. The predicted molar refractivity (Wildman–Crippen MR) is 77.4 cm³/mol. The number of thiophene rings is 1. The third kappa shape index (κ3) is 2.92. The molecule has 1 fully saturated rings. The van der Waals surface area contributed by atoms with Crippen molar-refractivity contribution in [3.63, 3.8) is 0 Å². The quantitative estimate of drug-likeness (QED) is 0.887. The molecule has 0 radical (unpaired) electrons. The molecule has 2 amide bonds. The van der Waals surface area contributed by atoms with Crippen molar-refractivity contribution in [2.24, 2.45) is 5.73 Å². The van der Waals surface area contributed by atoms with Crippen LogP contribution in [0.25, 0.3) is 0 Å². The van der Waals surface area contributed by atoms with Crippen LogP contribution in [0.1, 0.15) is 34.6 Å². The second-order valence-electron chi connectivity index (χ2n) is 5.50. The number of likely N-dealkylation sites (tertiary alicyclic amines) is 1. The number of nitrogens with zero attached hydrogens (tertiary/aromatic N) is 1. The van der Waals surface area contributed by atoms with Gasteiger partial charge in [0.1, 0.15) is 0 Å². The molecule has 3 N–H and O–H groups in total. The Labute approximate surface area is 118 Å². The summed E-state index contributed by atoms with van der Waals surface area (Å²) < 4.78 is 0. The summed E-state index contributed by atoms with van der Waals surface area (Å²) in [5.41, 5.74) is 6.86. The number of piperidine rings is 1. The zero-order valence-electron chi connectivity index (χ0n) is 11.2. The number of aryl methyl sites for hydroxylation is 2. The Morgan fingerprint density at radius 1 is 1.42 bits per heavy atom. The molecule has 4 nitrogen and oxygen atoms in total. The van der Waals surface area contributed by atoms with E-state index in [1.807, 2.05) is 11.3 Å². The number of rotatable bonds is 3. The first-order chi connectivity index (χ1) is 9.22. The molecule has 0 spiro atoms. The molecule has 2 heterocycles. The van der Waals surface area contributed by atoms with Crippen LogP contribution < -0.4 is 11.1 Å². The molecule has 3 rings (SSSR count). The van der Waals surface area contributed by atoms with Crippen LogP contribution in [0.2, 0.25) is 0 Å². The second-order valence-corrected chi connectivity index (χ2v) is 6.72. The number of urea groups is 1. The number of nitrogens with one attached hydrogen (secondary N) is 1. The second kappa shape index (κ2) is 5.51. The van der Waals surface area contributed by atoms with Gasteiger partial charge in [-0.05, 0) is 43.7 Å². The number of nitrogens with two attached hydrogens (primary N) is 1. The minimum atomic E-state index is -0.284. The number of carbonyl (C=O) groups is 1. The van der Waals surface area contributed by atoms with E-state index >= 15 is 0 Å². The van der Waals surface area contributed by atoms with E-state index in [0.29, 0.717) is 6.04 Å². The first kappa shape index (κ1) is 12.9. The summed E-state index contributed by atoms with van der Waals surface area (Å²) >= 11 is 1.97. The van der Waals surface area contributed by atoms with Gasteiger partial charge < -0.3 is 16.0 Å². The van der Waals surface area contributed by atoms with Crippen molar-refractivity contribution in [3.05, 3.63) is 21.4 Å². The van der Waals surface area contributed by atoms with Gasteiger partial charge in [0.25, 0.3) is 0 Å². The number of amides is 2. The van der Waals surface area contributed by atoms with Crippen LogP contribution >= 0.6 is 11.3 Å². The van der Waals surface area contributed by atoms with Gasteiger partial charge in [0.15, 0.2) is 0 Å². The largest absolute Gasteiger partial charge is 0.351 e. The summed E-state index contributed by atoms with van der Waals surface area (Å²) in [5.74, 6) is 0. The van der Waals surface area contributed by atoms with Crippen molar-refractivity contribution in [2.45, 2.75) is 44.7 Å². The minimum Gasteiger partial charge on any atom is -0.351 e. The SMILES string of the molecule is NC(=O)N1CCC(NCc2cc3c(s2)CCC3)CC1. The normalized spacial score (nSPS) is 19.7. The van der Waals surface area contributed by atoms with Gasteiger partial charge in [-0.3, -0.25) is 0 Å². The van der Waals surface area contributed by atoms with E-state index in [1.165, 1.54) is 24.1 Å². The van der Waals surface area contributed by atoms with Crippen LogP contribution in [0.5, 0.6) is 0 Å². The Bertz CT molecular complexity index is 442. The summed E-state index contributed by atoms with van der Waals surface area (Å²) in [6.07, 6.45) is 5.89. The summed E-state index contributed by atoms with van der Waals surface area (Å²) in [7, 11) is 0. The van der Waals surface area contributed by atoms with Crippen molar-refractivity contribution in [2.75, 3.05) is 13.1 Å². The molecule has 0 atom stereocenters. The molecule has 5 heteroatoms. The maximum Gasteiger partial charge on any atom is 0.314 e. The van der Waals surface area contributed by atoms with E-state index in [-0.39, 0.29) is 6.03 Å². The fraction of sp³-hybridized carbons (Fsp3) is 0.643. The Balaban J connectivity index is 1.46. The minimum absolute atomic E-state index is 0.284. The zero-order valence-corrected chi connectivity index (χ0v) is 12.0. The maximum absolute atomic E-state index is 11.0. The van der Waals surface area contributed by atoms with E-state index in [4.69, 9.17) is 5.73 Å². The molecule has 1 saturated heterocycles. The molecule has 1 aliphatic carbocycles. The molecule has 104 valence electrons. The first-order valence-corrected chi connectivity index (χ1v) is 7.92. The van der Waals surface area contributed by atoms with Gasteiger partial charge in [0.05, 0.1) is 0 Å². The number of hydrogen-bond acceptors (Lipinski definition) is 3. The van der Waals surface area contributed by atoms with Crippen LogP contribution in [0.15, 0.2) is 6.07 Å².